The second-order valence-electron chi connectivity index (χ2n) is 3.72. The number of nitrogens with zero attached hydrogens (tertiary/aromatic N) is 1. The van der Waals surface area contributed by atoms with Crippen molar-refractivity contribution in [2.75, 3.05) is 19.6 Å². The Morgan fingerprint density at radius 2 is 2.50 bits per heavy atom. The van der Waals surface area contributed by atoms with Crippen molar-refractivity contribution in [2.45, 2.75) is 32.2 Å². The van der Waals surface area contributed by atoms with E-state index in [-0.39, 0.29) is 11.9 Å². The largest absolute Gasteiger partial charge is 0.338 e. The first-order chi connectivity index (χ1) is 6.79. The Kier molecular flexibility index (Phi) is 4.66. The number of carbonyl (C=O) groups is 1. The van der Waals surface area contributed by atoms with Crippen LogP contribution in [0.4, 0.5) is 0 Å². The number of rotatable bonds is 5. The van der Waals surface area contributed by atoms with Crippen molar-refractivity contribution >= 4 is 5.91 Å². The highest BCUT2D eigenvalue weighted by atomic mass is 16.2. The molecule has 1 fully saturated rings. The van der Waals surface area contributed by atoms with Gasteiger partial charge in [-0.15, -0.1) is 6.58 Å². The quantitative estimate of drug-likeness (QED) is 0.669. The topological polar surface area (TPSA) is 32.3 Å². The van der Waals surface area contributed by atoms with Crippen molar-refractivity contribution in [3.63, 3.8) is 0 Å². The highest BCUT2D eigenvalue weighted by Gasteiger charge is 2.26. The Bertz CT molecular complexity index is 203. The van der Waals surface area contributed by atoms with E-state index in [9.17, 15) is 4.79 Å². The van der Waals surface area contributed by atoms with Crippen LogP contribution < -0.4 is 5.32 Å². The molecule has 1 unspecified atom stereocenters. The minimum absolute atomic E-state index is 0.0450. The maximum Gasteiger partial charge on any atom is 0.239 e. The van der Waals surface area contributed by atoms with Crippen LogP contribution in [0, 0.1) is 0 Å². The van der Waals surface area contributed by atoms with Gasteiger partial charge >= 0.3 is 0 Å². The Balaban J connectivity index is 2.43. The van der Waals surface area contributed by atoms with Gasteiger partial charge in [0, 0.05) is 13.1 Å². The van der Waals surface area contributed by atoms with E-state index in [0.717, 1.165) is 32.4 Å². The SMILES string of the molecule is C=CCN1CCCC(NCCC)C1=O. The van der Waals surface area contributed by atoms with Crippen LogP contribution in [0.3, 0.4) is 0 Å². The molecule has 0 radical (unpaired) electrons. The lowest BCUT2D eigenvalue weighted by atomic mass is 10.0. The summed E-state index contributed by atoms with van der Waals surface area (Å²) in [7, 11) is 0. The standard InChI is InChI=1S/C11H20N2O/c1-3-7-12-10-6-5-9-13(8-4-2)11(10)14/h4,10,12H,2-3,5-9H2,1H3. The van der Waals surface area contributed by atoms with E-state index in [1.54, 1.807) is 6.08 Å². The van der Waals surface area contributed by atoms with Crippen LogP contribution in [-0.4, -0.2) is 36.5 Å². The van der Waals surface area contributed by atoms with Gasteiger partial charge in [-0.05, 0) is 25.8 Å². The van der Waals surface area contributed by atoms with Crippen molar-refractivity contribution in [3.8, 4) is 0 Å². The van der Waals surface area contributed by atoms with Crippen LogP contribution in [-0.2, 0) is 4.79 Å². The molecule has 0 aliphatic carbocycles. The molecule has 1 amide bonds. The van der Waals surface area contributed by atoms with Crippen LogP contribution in [0.25, 0.3) is 0 Å². The number of nitrogens with one attached hydrogen (secondary N) is 1. The third kappa shape index (κ3) is 2.84. The number of likely N-dealkylation sites (tertiary alicyclic amines) is 1. The molecule has 3 nitrogen and oxygen atoms in total. The molecule has 80 valence electrons. The molecule has 0 aromatic heterocycles. The Hall–Kier alpha value is -0.830. The number of hydrogen-bond acceptors (Lipinski definition) is 2. The fourth-order valence-electron chi connectivity index (χ4n) is 1.79. The lowest BCUT2D eigenvalue weighted by molar-refractivity contribution is -0.135. The number of hydrogen-bond donors (Lipinski definition) is 1. The first-order valence-electron chi connectivity index (χ1n) is 5.42. The molecule has 1 atom stereocenters. The molecule has 1 aliphatic heterocycles. The van der Waals surface area contributed by atoms with E-state index in [4.69, 9.17) is 0 Å². The lowest BCUT2D eigenvalue weighted by Gasteiger charge is -2.31. The summed E-state index contributed by atoms with van der Waals surface area (Å²) in [6, 6.07) is 0.0450. The summed E-state index contributed by atoms with van der Waals surface area (Å²) in [5, 5.41) is 3.28. The van der Waals surface area contributed by atoms with Crippen LogP contribution in [0.15, 0.2) is 12.7 Å². The van der Waals surface area contributed by atoms with Crippen molar-refractivity contribution in [3.05, 3.63) is 12.7 Å². The molecule has 1 saturated heterocycles. The lowest BCUT2D eigenvalue weighted by Crippen LogP contribution is -2.50. The summed E-state index contributed by atoms with van der Waals surface area (Å²) >= 11 is 0. The average molecular weight is 196 g/mol. The molecule has 1 rings (SSSR count). The van der Waals surface area contributed by atoms with Crippen molar-refractivity contribution in [1.82, 2.24) is 10.2 Å². The van der Waals surface area contributed by atoms with Gasteiger partial charge in [0.25, 0.3) is 0 Å². The summed E-state index contributed by atoms with van der Waals surface area (Å²) in [5.41, 5.74) is 0. The van der Waals surface area contributed by atoms with E-state index >= 15 is 0 Å². The van der Waals surface area contributed by atoms with E-state index in [0.29, 0.717) is 6.54 Å². The van der Waals surface area contributed by atoms with Gasteiger partial charge in [0.1, 0.15) is 0 Å². The zero-order valence-electron chi connectivity index (χ0n) is 8.96. The molecule has 1 aliphatic rings. The molecular formula is C11H20N2O. The van der Waals surface area contributed by atoms with Gasteiger partial charge in [0.2, 0.25) is 5.91 Å². The van der Waals surface area contributed by atoms with Gasteiger partial charge in [-0.3, -0.25) is 4.79 Å². The van der Waals surface area contributed by atoms with E-state index in [2.05, 4.69) is 18.8 Å². The van der Waals surface area contributed by atoms with Gasteiger partial charge in [-0.25, -0.2) is 0 Å². The molecule has 0 aromatic carbocycles. The first kappa shape index (κ1) is 11.2. The summed E-state index contributed by atoms with van der Waals surface area (Å²) < 4.78 is 0. The minimum atomic E-state index is 0.0450. The molecule has 1 heterocycles. The summed E-state index contributed by atoms with van der Waals surface area (Å²) in [6.45, 7) is 8.27. The first-order valence-corrected chi connectivity index (χ1v) is 5.42. The number of piperidine rings is 1. The Morgan fingerprint density at radius 3 is 3.14 bits per heavy atom. The second kappa shape index (κ2) is 5.81. The molecule has 1 N–H and O–H groups in total. The van der Waals surface area contributed by atoms with Gasteiger partial charge in [-0.2, -0.15) is 0 Å². The normalized spacial score (nSPS) is 22.5. The molecule has 14 heavy (non-hydrogen) atoms. The van der Waals surface area contributed by atoms with Gasteiger partial charge in [0.15, 0.2) is 0 Å². The molecule has 0 saturated carbocycles. The Morgan fingerprint density at radius 1 is 1.71 bits per heavy atom. The van der Waals surface area contributed by atoms with E-state index < -0.39 is 0 Å². The maximum absolute atomic E-state index is 11.8. The fraction of sp³-hybridized carbons (Fsp3) is 0.727. The zero-order chi connectivity index (χ0) is 10.4. The highest BCUT2D eigenvalue weighted by molar-refractivity contribution is 5.82. The molecular weight excluding hydrogens is 176 g/mol. The van der Waals surface area contributed by atoms with Crippen LogP contribution in [0.1, 0.15) is 26.2 Å². The average Bonchev–Trinajstić information content (AvgIpc) is 2.20. The molecule has 3 heteroatoms. The van der Waals surface area contributed by atoms with E-state index in [1.807, 2.05) is 4.90 Å². The zero-order valence-corrected chi connectivity index (χ0v) is 8.96. The van der Waals surface area contributed by atoms with Gasteiger partial charge < -0.3 is 10.2 Å². The highest BCUT2D eigenvalue weighted by Crippen LogP contribution is 2.11. The maximum atomic E-state index is 11.8. The van der Waals surface area contributed by atoms with Crippen molar-refractivity contribution in [1.29, 1.82) is 0 Å². The monoisotopic (exact) mass is 196 g/mol. The Labute approximate surface area is 86.2 Å². The molecule has 0 spiro atoms. The predicted molar refractivity (Wildman–Crippen MR) is 58.1 cm³/mol. The van der Waals surface area contributed by atoms with Crippen LogP contribution in [0.5, 0.6) is 0 Å². The number of carbonyl (C=O) groups excluding carboxylic acids is 1. The molecule has 0 aromatic rings. The summed E-state index contributed by atoms with van der Waals surface area (Å²) in [5.74, 6) is 0.240. The van der Waals surface area contributed by atoms with Crippen molar-refractivity contribution in [2.24, 2.45) is 0 Å². The fourth-order valence-corrected chi connectivity index (χ4v) is 1.79. The van der Waals surface area contributed by atoms with Crippen LogP contribution >= 0.6 is 0 Å². The third-order valence-electron chi connectivity index (χ3n) is 2.52. The van der Waals surface area contributed by atoms with E-state index in [1.165, 1.54) is 0 Å². The second-order valence-corrected chi connectivity index (χ2v) is 3.72. The number of amides is 1. The predicted octanol–water partition coefficient (Wildman–Crippen LogP) is 1.16. The smallest absolute Gasteiger partial charge is 0.239 e. The van der Waals surface area contributed by atoms with Crippen molar-refractivity contribution < 1.29 is 4.79 Å². The van der Waals surface area contributed by atoms with Crippen LogP contribution in [0.2, 0.25) is 0 Å². The summed E-state index contributed by atoms with van der Waals surface area (Å²) in [6.07, 6.45) is 4.94. The summed E-state index contributed by atoms with van der Waals surface area (Å²) in [4.78, 5) is 13.7. The third-order valence-corrected chi connectivity index (χ3v) is 2.52. The van der Waals surface area contributed by atoms with Gasteiger partial charge in [0.05, 0.1) is 6.04 Å². The van der Waals surface area contributed by atoms with Gasteiger partial charge in [-0.1, -0.05) is 13.0 Å². The molecule has 0 bridgehead atoms. The minimum Gasteiger partial charge on any atom is -0.338 e.